The maximum atomic E-state index is 11.3. The Morgan fingerprint density at radius 3 is 1.83 bits per heavy atom. The van der Waals surface area contributed by atoms with E-state index in [0.717, 1.165) is 6.92 Å². The Morgan fingerprint density at radius 1 is 1.67 bits per heavy atom. The first-order valence-electron chi connectivity index (χ1n) is 1.38. The van der Waals surface area contributed by atoms with Gasteiger partial charge in [-0.1, -0.05) is 15.9 Å². The van der Waals surface area contributed by atoms with Crippen molar-refractivity contribution < 1.29 is 8.78 Å². The van der Waals surface area contributed by atoms with Gasteiger partial charge in [-0.3, -0.25) is 0 Å². The highest BCUT2D eigenvalue weighted by Gasteiger charge is 2.17. The first-order chi connectivity index (χ1) is 2.56. The third-order valence-electron chi connectivity index (χ3n) is 0.192. The van der Waals surface area contributed by atoms with Gasteiger partial charge in [0.15, 0.2) is 0 Å². The van der Waals surface area contributed by atoms with Crippen LogP contribution >= 0.6 is 15.9 Å². The van der Waals surface area contributed by atoms with Crippen LogP contribution in [0.25, 0.3) is 0 Å². The second-order valence-electron chi connectivity index (χ2n) is 1.07. The SMILES string of the molecule is CC(F)(F)[CH]Br. The van der Waals surface area contributed by atoms with E-state index < -0.39 is 5.92 Å². The number of rotatable bonds is 1. The fourth-order valence-corrected chi connectivity index (χ4v) is 0. The summed E-state index contributed by atoms with van der Waals surface area (Å²) < 4.78 is 22.7. The van der Waals surface area contributed by atoms with Gasteiger partial charge in [0.25, 0.3) is 5.92 Å². The van der Waals surface area contributed by atoms with E-state index in [4.69, 9.17) is 0 Å². The maximum Gasteiger partial charge on any atom is 0.259 e. The predicted molar refractivity (Wildman–Crippen MR) is 23.8 cm³/mol. The Morgan fingerprint density at radius 2 is 1.83 bits per heavy atom. The van der Waals surface area contributed by atoms with Gasteiger partial charge in [0.2, 0.25) is 0 Å². The molecule has 1 radical (unpaired) electrons. The minimum Gasteiger partial charge on any atom is -0.206 e. The van der Waals surface area contributed by atoms with Gasteiger partial charge >= 0.3 is 0 Å². The van der Waals surface area contributed by atoms with Gasteiger partial charge in [-0.25, -0.2) is 8.78 Å². The molecule has 0 aliphatic rings. The minimum atomic E-state index is -2.67. The van der Waals surface area contributed by atoms with Crippen LogP contribution in [0.5, 0.6) is 0 Å². The highest BCUT2D eigenvalue weighted by Crippen LogP contribution is 2.18. The molecule has 0 rings (SSSR count). The Hall–Kier alpha value is 0.340. The van der Waals surface area contributed by atoms with Crippen LogP contribution in [0.2, 0.25) is 0 Å². The van der Waals surface area contributed by atoms with Crippen LogP contribution in [0.1, 0.15) is 6.92 Å². The molecule has 0 aliphatic carbocycles. The standard InChI is InChI=1S/C3H4BrF2/c1-3(5,6)2-4/h2H,1H3. The van der Waals surface area contributed by atoms with Crippen molar-refractivity contribution in [2.45, 2.75) is 12.8 Å². The summed E-state index contributed by atoms with van der Waals surface area (Å²) >= 11 is 2.49. The Bertz CT molecular complexity index is 38.5. The zero-order chi connectivity index (χ0) is 5.21. The molecule has 37 valence electrons. The zero-order valence-corrected chi connectivity index (χ0v) is 4.80. The molecule has 0 heterocycles. The van der Waals surface area contributed by atoms with Crippen molar-refractivity contribution >= 4 is 15.9 Å². The average Bonchev–Trinajstić information content (AvgIpc) is 1.35. The van der Waals surface area contributed by atoms with E-state index in [1.165, 1.54) is 0 Å². The molecule has 0 fully saturated rings. The van der Waals surface area contributed by atoms with Crippen molar-refractivity contribution in [1.82, 2.24) is 0 Å². The summed E-state index contributed by atoms with van der Waals surface area (Å²) in [4.78, 5) is 0. The van der Waals surface area contributed by atoms with E-state index in [9.17, 15) is 8.78 Å². The van der Waals surface area contributed by atoms with Gasteiger partial charge < -0.3 is 0 Å². The largest absolute Gasteiger partial charge is 0.259 e. The Balaban J connectivity index is 3.17. The monoisotopic (exact) mass is 157 g/mol. The first-order valence-corrected chi connectivity index (χ1v) is 2.30. The smallest absolute Gasteiger partial charge is 0.206 e. The van der Waals surface area contributed by atoms with Crippen LogP contribution in [0.3, 0.4) is 0 Å². The van der Waals surface area contributed by atoms with Crippen molar-refractivity contribution in [3.63, 3.8) is 0 Å². The van der Waals surface area contributed by atoms with Crippen molar-refractivity contribution in [2.75, 3.05) is 0 Å². The summed E-state index contributed by atoms with van der Waals surface area (Å²) in [7, 11) is 0. The van der Waals surface area contributed by atoms with Crippen molar-refractivity contribution in [3.05, 3.63) is 5.33 Å². The van der Waals surface area contributed by atoms with E-state index in [1.54, 1.807) is 0 Å². The Labute approximate surface area is 43.7 Å². The molecule has 0 nitrogen and oxygen atoms in total. The molecule has 0 bridgehead atoms. The second kappa shape index (κ2) is 1.87. The fourth-order valence-electron chi connectivity index (χ4n) is 0. The Kier molecular flexibility index (Phi) is 1.97. The predicted octanol–water partition coefficient (Wildman–Crippen LogP) is 2.20. The molecule has 0 aromatic rings. The average molecular weight is 158 g/mol. The third-order valence-corrected chi connectivity index (χ3v) is 0.996. The van der Waals surface area contributed by atoms with Gasteiger partial charge in [-0.2, -0.15) is 0 Å². The molecule has 0 aliphatic heterocycles. The van der Waals surface area contributed by atoms with Gasteiger partial charge in [0.1, 0.15) is 0 Å². The topological polar surface area (TPSA) is 0 Å². The van der Waals surface area contributed by atoms with E-state index >= 15 is 0 Å². The highest BCUT2D eigenvalue weighted by molar-refractivity contribution is 9.10. The van der Waals surface area contributed by atoms with E-state index in [2.05, 4.69) is 15.9 Å². The number of alkyl halides is 2. The molecular weight excluding hydrogens is 154 g/mol. The second-order valence-corrected chi connectivity index (χ2v) is 1.52. The molecule has 0 atom stereocenters. The van der Waals surface area contributed by atoms with Gasteiger partial charge in [0, 0.05) is 6.92 Å². The van der Waals surface area contributed by atoms with Gasteiger partial charge in [-0.15, -0.1) is 0 Å². The number of hydrogen-bond acceptors (Lipinski definition) is 0. The van der Waals surface area contributed by atoms with Crippen LogP contribution in [-0.2, 0) is 0 Å². The lowest BCUT2D eigenvalue weighted by molar-refractivity contribution is 0.0704. The maximum absolute atomic E-state index is 11.3. The minimum absolute atomic E-state index is 0.667. The molecule has 0 spiro atoms. The normalized spacial score (nSPS) is 12.0. The molecule has 0 amide bonds. The van der Waals surface area contributed by atoms with Crippen LogP contribution < -0.4 is 0 Å². The summed E-state index contributed by atoms with van der Waals surface area (Å²) in [5.74, 6) is -2.67. The van der Waals surface area contributed by atoms with Gasteiger partial charge in [-0.05, 0) is 0 Å². The van der Waals surface area contributed by atoms with Crippen molar-refractivity contribution in [1.29, 1.82) is 0 Å². The molecule has 3 heteroatoms. The lowest BCUT2D eigenvalue weighted by Crippen LogP contribution is -2.04. The van der Waals surface area contributed by atoms with E-state index in [1.807, 2.05) is 0 Å². The summed E-state index contributed by atoms with van der Waals surface area (Å²) in [5, 5.41) is 0.667. The number of hydrogen-bond donors (Lipinski definition) is 0. The van der Waals surface area contributed by atoms with Crippen molar-refractivity contribution in [3.8, 4) is 0 Å². The lowest BCUT2D eigenvalue weighted by Gasteiger charge is -1.99. The van der Waals surface area contributed by atoms with Crippen LogP contribution in [-0.4, -0.2) is 5.92 Å². The van der Waals surface area contributed by atoms with Crippen molar-refractivity contribution in [2.24, 2.45) is 0 Å². The van der Waals surface area contributed by atoms with E-state index in [0.29, 0.717) is 5.33 Å². The summed E-state index contributed by atoms with van der Waals surface area (Å²) in [5.41, 5.74) is 0. The first kappa shape index (κ1) is 6.34. The third kappa shape index (κ3) is 4.34. The molecule has 6 heavy (non-hydrogen) atoms. The van der Waals surface area contributed by atoms with Crippen LogP contribution in [0.4, 0.5) is 8.78 Å². The van der Waals surface area contributed by atoms with Crippen LogP contribution in [0, 0.1) is 5.33 Å². The molecule has 0 aromatic heterocycles. The zero-order valence-electron chi connectivity index (χ0n) is 3.21. The molecule has 0 saturated carbocycles. The van der Waals surface area contributed by atoms with E-state index in [-0.39, 0.29) is 0 Å². The molecular formula is C3H4BrF2. The lowest BCUT2D eigenvalue weighted by atomic mass is 10.5. The highest BCUT2D eigenvalue weighted by atomic mass is 79.9. The molecule has 0 saturated heterocycles. The van der Waals surface area contributed by atoms with Crippen LogP contribution in [0.15, 0.2) is 0 Å². The quantitative estimate of drug-likeness (QED) is 0.548. The summed E-state index contributed by atoms with van der Waals surface area (Å²) in [6.07, 6.45) is 0. The molecule has 0 N–H and O–H groups in total. The van der Waals surface area contributed by atoms with Gasteiger partial charge in [0.05, 0.1) is 5.33 Å². The molecule has 0 unspecified atom stereocenters. The summed E-state index contributed by atoms with van der Waals surface area (Å²) in [6.45, 7) is 0.807. The summed E-state index contributed by atoms with van der Waals surface area (Å²) in [6, 6.07) is 0. The number of halogens is 3. The fraction of sp³-hybridized carbons (Fsp3) is 0.667. The molecule has 0 aromatic carbocycles.